The van der Waals surface area contributed by atoms with Crippen LogP contribution >= 0.6 is 34.0 Å². The number of rotatable bonds is 4. The molecular formula is C20H14N2O3S3. The maximum atomic E-state index is 12.7. The molecule has 5 rings (SSSR count). The molecule has 0 aliphatic carbocycles. The predicted octanol–water partition coefficient (Wildman–Crippen LogP) is 5.38. The van der Waals surface area contributed by atoms with Crippen molar-refractivity contribution < 1.29 is 14.3 Å². The number of thiazole rings is 1. The van der Waals surface area contributed by atoms with Crippen molar-refractivity contribution in [3.63, 3.8) is 0 Å². The van der Waals surface area contributed by atoms with E-state index in [4.69, 9.17) is 14.5 Å². The minimum atomic E-state index is -0.714. The molecule has 0 radical (unpaired) electrons. The van der Waals surface area contributed by atoms with Crippen LogP contribution in [0.5, 0.6) is 11.5 Å². The number of carbonyl (C=O) groups is 1. The Hall–Kier alpha value is -2.68. The molecule has 1 unspecified atom stereocenters. The third-order valence-corrected chi connectivity index (χ3v) is 7.06. The van der Waals surface area contributed by atoms with Crippen LogP contribution in [0, 0.1) is 0 Å². The van der Waals surface area contributed by atoms with Gasteiger partial charge in [0.15, 0.2) is 16.6 Å². The zero-order valence-electron chi connectivity index (χ0n) is 14.5. The summed E-state index contributed by atoms with van der Waals surface area (Å²) in [7, 11) is 0. The van der Waals surface area contributed by atoms with Crippen LogP contribution in [0.3, 0.4) is 0 Å². The lowest BCUT2D eigenvalue weighted by Crippen LogP contribution is -2.40. The number of thiophene rings is 2. The normalized spacial score (nSPS) is 15.4. The van der Waals surface area contributed by atoms with E-state index in [1.807, 2.05) is 47.2 Å². The van der Waals surface area contributed by atoms with Gasteiger partial charge in [-0.1, -0.05) is 35.6 Å². The molecule has 3 aromatic heterocycles. The standard InChI is InChI=1S/C20H14N2O3S3/c23-19(14-11-24-12-5-1-2-6-13(12)25-14)22-20-21-17(15-7-3-9-26-15)18(28-20)16-8-4-10-27-16/h1-10,14H,11H2,(H,21,22,23). The number of anilines is 1. The van der Waals surface area contributed by atoms with Crippen LogP contribution in [0.4, 0.5) is 5.13 Å². The van der Waals surface area contributed by atoms with Gasteiger partial charge in [0.2, 0.25) is 6.10 Å². The molecule has 4 aromatic rings. The average molecular weight is 427 g/mol. The molecule has 0 bridgehead atoms. The van der Waals surface area contributed by atoms with E-state index < -0.39 is 6.10 Å². The van der Waals surface area contributed by atoms with Crippen LogP contribution in [0.25, 0.3) is 20.3 Å². The number of fused-ring (bicyclic) bond motifs is 1. The smallest absolute Gasteiger partial charge is 0.270 e. The van der Waals surface area contributed by atoms with Crippen LogP contribution in [-0.4, -0.2) is 23.6 Å². The van der Waals surface area contributed by atoms with Gasteiger partial charge in [0.1, 0.15) is 12.3 Å². The number of para-hydroxylation sites is 2. The summed E-state index contributed by atoms with van der Waals surface area (Å²) >= 11 is 4.76. The largest absolute Gasteiger partial charge is 0.485 e. The van der Waals surface area contributed by atoms with E-state index >= 15 is 0 Å². The molecule has 1 atom stereocenters. The van der Waals surface area contributed by atoms with Gasteiger partial charge in [0.25, 0.3) is 5.91 Å². The Morgan fingerprint density at radius 1 is 1.00 bits per heavy atom. The molecule has 1 aliphatic rings. The minimum absolute atomic E-state index is 0.170. The van der Waals surface area contributed by atoms with E-state index in [9.17, 15) is 4.79 Å². The first-order chi connectivity index (χ1) is 13.8. The highest BCUT2D eigenvalue weighted by molar-refractivity contribution is 7.24. The maximum Gasteiger partial charge on any atom is 0.270 e. The van der Waals surface area contributed by atoms with Crippen molar-refractivity contribution in [1.82, 2.24) is 4.98 Å². The lowest BCUT2D eigenvalue weighted by Gasteiger charge is -2.25. The topological polar surface area (TPSA) is 60.5 Å². The molecule has 0 fully saturated rings. The molecule has 0 saturated carbocycles. The highest BCUT2D eigenvalue weighted by Crippen LogP contribution is 2.42. The molecule has 1 aromatic carbocycles. The predicted molar refractivity (Wildman–Crippen MR) is 114 cm³/mol. The maximum absolute atomic E-state index is 12.7. The van der Waals surface area contributed by atoms with Crippen LogP contribution in [0.15, 0.2) is 59.3 Å². The summed E-state index contributed by atoms with van der Waals surface area (Å²) in [6.45, 7) is 0.170. The van der Waals surface area contributed by atoms with Gasteiger partial charge in [-0.25, -0.2) is 4.98 Å². The molecule has 0 spiro atoms. The zero-order valence-corrected chi connectivity index (χ0v) is 16.9. The Bertz CT molecular complexity index is 1050. The summed E-state index contributed by atoms with van der Waals surface area (Å²) in [5.74, 6) is 0.964. The molecule has 1 amide bonds. The number of hydrogen-bond acceptors (Lipinski definition) is 7. The first-order valence-corrected chi connectivity index (χ1v) is 11.1. The third kappa shape index (κ3) is 3.30. The van der Waals surface area contributed by atoms with Gasteiger partial charge in [-0.15, -0.1) is 22.7 Å². The second-order valence-corrected chi connectivity index (χ2v) is 8.90. The highest BCUT2D eigenvalue weighted by Gasteiger charge is 2.28. The summed E-state index contributed by atoms with van der Waals surface area (Å²) in [5, 5.41) is 7.52. The first-order valence-electron chi connectivity index (χ1n) is 8.56. The Morgan fingerprint density at radius 3 is 2.50 bits per heavy atom. The number of nitrogens with one attached hydrogen (secondary N) is 1. The van der Waals surface area contributed by atoms with Crippen molar-refractivity contribution >= 4 is 45.0 Å². The van der Waals surface area contributed by atoms with Gasteiger partial charge in [0.05, 0.1) is 9.75 Å². The highest BCUT2D eigenvalue weighted by atomic mass is 32.1. The molecule has 1 aliphatic heterocycles. The lowest BCUT2D eigenvalue weighted by atomic mass is 10.2. The number of ether oxygens (including phenoxy) is 2. The lowest BCUT2D eigenvalue weighted by molar-refractivity contribution is -0.125. The van der Waals surface area contributed by atoms with Crippen LogP contribution < -0.4 is 14.8 Å². The van der Waals surface area contributed by atoms with Crippen LogP contribution in [0.1, 0.15) is 0 Å². The fourth-order valence-electron chi connectivity index (χ4n) is 2.86. The molecule has 5 nitrogen and oxygen atoms in total. The van der Waals surface area contributed by atoms with Crippen molar-refractivity contribution in [2.45, 2.75) is 6.10 Å². The van der Waals surface area contributed by atoms with Gasteiger partial charge in [-0.2, -0.15) is 0 Å². The number of carbonyl (C=O) groups excluding carboxylic acids is 1. The number of aromatic nitrogens is 1. The fraction of sp³-hybridized carbons (Fsp3) is 0.100. The van der Waals surface area contributed by atoms with E-state index in [-0.39, 0.29) is 12.5 Å². The van der Waals surface area contributed by atoms with Crippen molar-refractivity contribution in [2.24, 2.45) is 0 Å². The molecular weight excluding hydrogens is 412 g/mol. The van der Waals surface area contributed by atoms with Crippen LogP contribution in [0.2, 0.25) is 0 Å². The van der Waals surface area contributed by atoms with E-state index in [1.54, 1.807) is 28.7 Å². The average Bonchev–Trinajstić information content (AvgIpc) is 3.47. The molecule has 28 heavy (non-hydrogen) atoms. The van der Waals surface area contributed by atoms with Gasteiger partial charge in [-0.05, 0) is 35.0 Å². The minimum Gasteiger partial charge on any atom is -0.485 e. The van der Waals surface area contributed by atoms with Gasteiger partial charge in [-0.3, -0.25) is 10.1 Å². The Balaban J connectivity index is 1.40. The van der Waals surface area contributed by atoms with Crippen molar-refractivity contribution in [2.75, 3.05) is 11.9 Å². The second kappa shape index (κ2) is 7.38. The van der Waals surface area contributed by atoms with Gasteiger partial charge >= 0.3 is 0 Å². The summed E-state index contributed by atoms with van der Waals surface area (Å²) < 4.78 is 11.4. The summed E-state index contributed by atoms with van der Waals surface area (Å²) in [6, 6.07) is 15.5. The summed E-state index contributed by atoms with van der Waals surface area (Å²) in [6.07, 6.45) is -0.714. The van der Waals surface area contributed by atoms with Crippen molar-refractivity contribution in [1.29, 1.82) is 0 Å². The Kier molecular flexibility index (Phi) is 4.59. The molecule has 4 heterocycles. The zero-order chi connectivity index (χ0) is 18.9. The Labute approximate surface area is 173 Å². The molecule has 1 N–H and O–H groups in total. The quantitative estimate of drug-likeness (QED) is 0.476. The fourth-order valence-corrected chi connectivity index (χ4v) is 5.48. The number of hydrogen-bond donors (Lipinski definition) is 1. The van der Waals surface area contributed by atoms with E-state index in [0.29, 0.717) is 16.6 Å². The van der Waals surface area contributed by atoms with E-state index in [0.717, 1.165) is 20.3 Å². The van der Waals surface area contributed by atoms with Crippen LogP contribution in [-0.2, 0) is 4.79 Å². The molecule has 140 valence electrons. The summed E-state index contributed by atoms with van der Waals surface area (Å²) in [4.78, 5) is 20.7. The Morgan fingerprint density at radius 2 is 1.75 bits per heavy atom. The molecule has 8 heteroatoms. The molecule has 0 saturated heterocycles. The number of benzene rings is 1. The first kappa shape index (κ1) is 17.4. The monoisotopic (exact) mass is 426 g/mol. The third-order valence-electron chi connectivity index (χ3n) is 4.16. The summed E-state index contributed by atoms with van der Waals surface area (Å²) in [5.41, 5.74) is 0.893. The van der Waals surface area contributed by atoms with Crippen molar-refractivity contribution in [3.8, 4) is 31.8 Å². The van der Waals surface area contributed by atoms with Gasteiger partial charge < -0.3 is 9.47 Å². The van der Waals surface area contributed by atoms with Crippen molar-refractivity contribution in [3.05, 3.63) is 59.3 Å². The number of nitrogens with zero attached hydrogens (tertiary/aromatic N) is 1. The van der Waals surface area contributed by atoms with E-state index in [1.165, 1.54) is 11.3 Å². The second-order valence-electron chi connectivity index (χ2n) is 6.00. The number of amides is 1. The van der Waals surface area contributed by atoms with E-state index in [2.05, 4.69) is 11.4 Å². The SMILES string of the molecule is O=C(Nc1nc(-c2cccs2)c(-c2cccs2)s1)C1COc2ccccc2O1. The van der Waals surface area contributed by atoms with Gasteiger partial charge in [0, 0.05) is 4.88 Å².